The van der Waals surface area contributed by atoms with Crippen LogP contribution in [0.25, 0.3) is 16.9 Å². The Hall–Kier alpha value is -3.67. The Morgan fingerprint density at radius 2 is 1.94 bits per heavy atom. The number of imidazole rings is 1. The van der Waals surface area contributed by atoms with E-state index in [9.17, 15) is 4.39 Å². The fourth-order valence-electron chi connectivity index (χ4n) is 4.23. The van der Waals surface area contributed by atoms with E-state index in [-0.39, 0.29) is 11.9 Å². The summed E-state index contributed by atoms with van der Waals surface area (Å²) in [4.78, 5) is 6.86. The zero-order valence-corrected chi connectivity index (χ0v) is 18.2. The van der Waals surface area contributed by atoms with Gasteiger partial charge in [0.15, 0.2) is 5.65 Å². The monoisotopic (exact) mass is 428 g/mol. The largest absolute Gasteiger partial charge is 0.469 e. The number of anilines is 1. The van der Waals surface area contributed by atoms with Gasteiger partial charge in [-0.3, -0.25) is 0 Å². The van der Waals surface area contributed by atoms with E-state index in [0.717, 1.165) is 35.4 Å². The van der Waals surface area contributed by atoms with Gasteiger partial charge in [-0.25, -0.2) is 13.9 Å². The van der Waals surface area contributed by atoms with Crippen LogP contribution in [0.5, 0.6) is 5.88 Å². The van der Waals surface area contributed by atoms with Gasteiger partial charge in [-0.15, -0.1) is 5.10 Å². The minimum absolute atomic E-state index is 0.280. The number of rotatable bonds is 5. The van der Waals surface area contributed by atoms with Gasteiger partial charge in [-0.1, -0.05) is 30.3 Å². The van der Waals surface area contributed by atoms with E-state index in [1.54, 1.807) is 16.6 Å². The third-order valence-electron chi connectivity index (χ3n) is 5.92. The molecule has 4 aromatic rings. The first-order chi connectivity index (χ1) is 15.6. The van der Waals surface area contributed by atoms with Crippen LogP contribution < -0.4 is 9.64 Å². The average molecular weight is 429 g/mol. The highest BCUT2D eigenvalue weighted by molar-refractivity contribution is 5.67. The second-order valence-electron chi connectivity index (χ2n) is 7.98. The molecular weight excluding hydrogens is 403 g/mol. The fraction of sp³-hybridized carbons (Fsp3) is 0.231. The topological polar surface area (TPSA) is 42.7 Å². The van der Waals surface area contributed by atoms with Crippen LogP contribution in [0.4, 0.5) is 10.1 Å². The van der Waals surface area contributed by atoms with E-state index in [0.29, 0.717) is 5.88 Å². The van der Waals surface area contributed by atoms with E-state index < -0.39 is 0 Å². The standard InChI is InChI=1S/C26H25FN4O/c1-3-22-8-5-15-30(22)23-11-9-19(10-12-23)24-17-28-25-13-14-26(29-31(24)25)32-18(2)20-6-4-7-21(27)16-20/h3-4,6-7,9-14,16-18H,5,8,15H2,1-2H3/b22-3+. The lowest BCUT2D eigenvalue weighted by molar-refractivity contribution is 0.214. The molecule has 3 heterocycles. The van der Waals surface area contributed by atoms with Crippen LogP contribution in [0.1, 0.15) is 38.4 Å². The summed E-state index contributed by atoms with van der Waals surface area (Å²) in [6.07, 6.45) is 6.01. The van der Waals surface area contributed by atoms with E-state index >= 15 is 0 Å². The SMILES string of the molecule is C/C=C1\CCCN1c1ccc(-c2cnc3ccc(OC(C)c4cccc(F)c4)nn23)cc1. The molecule has 1 atom stereocenters. The Balaban J connectivity index is 1.41. The smallest absolute Gasteiger partial charge is 0.232 e. The molecule has 32 heavy (non-hydrogen) atoms. The third kappa shape index (κ3) is 3.84. The number of benzene rings is 2. The molecule has 0 aliphatic carbocycles. The fourth-order valence-corrected chi connectivity index (χ4v) is 4.23. The number of halogens is 1. The molecule has 2 aromatic carbocycles. The first kappa shape index (κ1) is 20.2. The van der Waals surface area contributed by atoms with Crippen molar-refractivity contribution >= 4 is 11.3 Å². The molecule has 1 saturated heterocycles. The van der Waals surface area contributed by atoms with Crippen LogP contribution in [0.3, 0.4) is 0 Å². The van der Waals surface area contributed by atoms with Gasteiger partial charge in [0.05, 0.1) is 11.9 Å². The molecule has 0 spiro atoms. The van der Waals surface area contributed by atoms with Crippen molar-refractivity contribution in [2.75, 3.05) is 11.4 Å². The van der Waals surface area contributed by atoms with Gasteiger partial charge in [-0.05, 0) is 62.6 Å². The van der Waals surface area contributed by atoms with Gasteiger partial charge in [0.1, 0.15) is 11.9 Å². The highest BCUT2D eigenvalue weighted by Crippen LogP contribution is 2.31. The van der Waals surface area contributed by atoms with E-state index in [2.05, 4.69) is 52.2 Å². The predicted molar refractivity (Wildman–Crippen MR) is 124 cm³/mol. The Morgan fingerprint density at radius 3 is 2.72 bits per heavy atom. The van der Waals surface area contributed by atoms with Crippen LogP contribution >= 0.6 is 0 Å². The minimum Gasteiger partial charge on any atom is -0.469 e. The Labute approximate surface area is 186 Å². The second kappa shape index (κ2) is 8.46. The van der Waals surface area contributed by atoms with Crippen molar-refractivity contribution < 1.29 is 9.13 Å². The summed E-state index contributed by atoms with van der Waals surface area (Å²) in [5.41, 5.74) is 6.01. The van der Waals surface area contributed by atoms with E-state index in [1.807, 2.05) is 25.3 Å². The van der Waals surface area contributed by atoms with Gasteiger partial charge >= 0.3 is 0 Å². The molecule has 0 amide bonds. The Kier molecular flexibility index (Phi) is 5.35. The van der Waals surface area contributed by atoms with Crippen molar-refractivity contribution in [3.05, 3.63) is 90.0 Å². The summed E-state index contributed by atoms with van der Waals surface area (Å²) in [5, 5.41) is 4.64. The summed E-state index contributed by atoms with van der Waals surface area (Å²) in [6, 6.07) is 18.6. The van der Waals surface area contributed by atoms with Gasteiger partial charge < -0.3 is 9.64 Å². The highest BCUT2D eigenvalue weighted by atomic mass is 19.1. The van der Waals surface area contributed by atoms with Crippen molar-refractivity contribution in [1.82, 2.24) is 14.6 Å². The number of fused-ring (bicyclic) bond motifs is 1. The lowest BCUT2D eigenvalue weighted by atomic mass is 10.1. The zero-order valence-electron chi connectivity index (χ0n) is 18.2. The molecule has 1 unspecified atom stereocenters. The molecule has 5 nitrogen and oxygen atoms in total. The molecule has 162 valence electrons. The molecule has 0 saturated carbocycles. The summed E-state index contributed by atoms with van der Waals surface area (Å²) in [5.74, 6) is 0.178. The van der Waals surface area contributed by atoms with Crippen LogP contribution in [-0.2, 0) is 0 Å². The average Bonchev–Trinajstić information content (AvgIpc) is 3.46. The first-order valence-corrected chi connectivity index (χ1v) is 10.9. The molecule has 1 aliphatic rings. The van der Waals surface area contributed by atoms with Crippen LogP contribution in [0, 0.1) is 5.82 Å². The third-order valence-corrected chi connectivity index (χ3v) is 5.92. The van der Waals surface area contributed by atoms with Gasteiger partial charge in [0, 0.05) is 29.6 Å². The molecule has 0 radical (unpaired) electrons. The van der Waals surface area contributed by atoms with Crippen molar-refractivity contribution in [3.8, 4) is 17.1 Å². The lowest BCUT2D eigenvalue weighted by Gasteiger charge is -2.20. The normalized spacial score (nSPS) is 16.1. The first-order valence-electron chi connectivity index (χ1n) is 10.9. The lowest BCUT2D eigenvalue weighted by Crippen LogP contribution is -2.15. The highest BCUT2D eigenvalue weighted by Gasteiger charge is 2.18. The molecule has 1 aliphatic heterocycles. The molecule has 5 rings (SSSR count). The van der Waals surface area contributed by atoms with E-state index in [1.165, 1.54) is 29.9 Å². The number of nitrogens with zero attached hydrogens (tertiary/aromatic N) is 4. The number of aromatic nitrogens is 3. The summed E-state index contributed by atoms with van der Waals surface area (Å²) in [6.45, 7) is 5.03. The van der Waals surface area contributed by atoms with E-state index in [4.69, 9.17) is 4.74 Å². The quantitative estimate of drug-likeness (QED) is 0.381. The van der Waals surface area contributed by atoms with Crippen molar-refractivity contribution in [2.45, 2.75) is 32.8 Å². The maximum Gasteiger partial charge on any atom is 0.232 e. The van der Waals surface area contributed by atoms with Gasteiger partial charge in [0.25, 0.3) is 0 Å². The molecule has 6 heteroatoms. The van der Waals surface area contributed by atoms with Gasteiger partial charge in [0.2, 0.25) is 5.88 Å². The molecular formula is C26H25FN4O. The number of hydrogen-bond donors (Lipinski definition) is 0. The molecule has 1 fully saturated rings. The van der Waals surface area contributed by atoms with Crippen LogP contribution in [-0.4, -0.2) is 21.1 Å². The predicted octanol–water partition coefficient (Wildman–Crippen LogP) is 6.18. The van der Waals surface area contributed by atoms with Crippen molar-refractivity contribution in [2.24, 2.45) is 0 Å². The maximum atomic E-state index is 13.6. The van der Waals surface area contributed by atoms with Gasteiger partial charge in [-0.2, -0.15) is 0 Å². The molecule has 0 bridgehead atoms. The summed E-state index contributed by atoms with van der Waals surface area (Å²) >= 11 is 0. The van der Waals surface area contributed by atoms with Crippen LogP contribution in [0.15, 0.2) is 78.6 Å². The number of ether oxygens (including phenoxy) is 1. The van der Waals surface area contributed by atoms with Crippen LogP contribution in [0.2, 0.25) is 0 Å². The summed E-state index contributed by atoms with van der Waals surface area (Å²) < 4.78 is 21.3. The van der Waals surface area contributed by atoms with Crippen molar-refractivity contribution in [1.29, 1.82) is 0 Å². The number of hydrogen-bond acceptors (Lipinski definition) is 4. The van der Waals surface area contributed by atoms with Crippen molar-refractivity contribution in [3.63, 3.8) is 0 Å². The Bertz CT molecular complexity index is 1280. The Morgan fingerprint density at radius 1 is 1.09 bits per heavy atom. The summed E-state index contributed by atoms with van der Waals surface area (Å²) in [7, 11) is 0. The minimum atomic E-state index is -0.330. The molecule has 0 N–H and O–H groups in total. The number of allylic oxidation sites excluding steroid dienone is 2. The second-order valence-corrected chi connectivity index (χ2v) is 7.98. The maximum absolute atomic E-state index is 13.6. The zero-order chi connectivity index (χ0) is 22.1. The molecule has 2 aromatic heterocycles.